The smallest absolute Gasteiger partial charge is 0.224 e. The second kappa shape index (κ2) is 5.64. The summed E-state index contributed by atoms with van der Waals surface area (Å²) in [6.07, 6.45) is 2.17. The van der Waals surface area contributed by atoms with E-state index in [-0.39, 0.29) is 5.91 Å². The fraction of sp³-hybridized carbons (Fsp3) is 0.917. The van der Waals surface area contributed by atoms with E-state index >= 15 is 0 Å². The molecule has 2 unspecified atom stereocenters. The maximum atomic E-state index is 11.2. The largest absolute Gasteiger partial charge is 0.381 e. The molecule has 4 nitrogen and oxygen atoms in total. The summed E-state index contributed by atoms with van der Waals surface area (Å²) in [4.78, 5) is 11.2. The van der Waals surface area contributed by atoms with Crippen LogP contribution in [-0.4, -0.2) is 31.7 Å². The molecule has 1 amide bonds. The van der Waals surface area contributed by atoms with Gasteiger partial charge in [0.2, 0.25) is 5.91 Å². The molecule has 2 atom stereocenters. The monoisotopic (exact) mass is 228 g/mol. The summed E-state index contributed by atoms with van der Waals surface area (Å²) in [6, 6.07) is 0.432. The van der Waals surface area contributed by atoms with Crippen LogP contribution in [0, 0.1) is 11.3 Å². The molecule has 0 radical (unpaired) electrons. The minimum Gasteiger partial charge on any atom is -0.381 e. The van der Waals surface area contributed by atoms with Crippen molar-refractivity contribution in [3.05, 3.63) is 0 Å². The lowest BCUT2D eigenvalue weighted by Gasteiger charge is -2.28. The molecule has 1 heterocycles. The van der Waals surface area contributed by atoms with Gasteiger partial charge in [-0.1, -0.05) is 6.92 Å². The molecule has 0 aromatic rings. The third-order valence-corrected chi connectivity index (χ3v) is 3.45. The van der Waals surface area contributed by atoms with Gasteiger partial charge in [-0.2, -0.15) is 0 Å². The first kappa shape index (κ1) is 13.5. The molecule has 1 saturated heterocycles. The molecule has 16 heavy (non-hydrogen) atoms. The summed E-state index contributed by atoms with van der Waals surface area (Å²) in [5.41, 5.74) is 4.87. The Kier molecular flexibility index (Phi) is 4.74. The molecule has 0 aliphatic carbocycles. The van der Waals surface area contributed by atoms with E-state index in [1.165, 1.54) is 0 Å². The van der Waals surface area contributed by atoms with Crippen LogP contribution in [0.4, 0.5) is 0 Å². The van der Waals surface area contributed by atoms with Crippen molar-refractivity contribution < 1.29 is 9.53 Å². The number of hydrogen-bond acceptors (Lipinski definition) is 3. The standard InChI is InChI=1S/C12H24N2O2/c1-4-10(9-5-6-16-7-9)14-8-12(2,3)11(13)15/h9-10,14H,4-8H2,1-3H3,(H2,13,15). The molecule has 0 spiro atoms. The van der Waals surface area contributed by atoms with E-state index in [4.69, 9.17) is 10.5 Å². The number of carbonyl (C=O) groups is 1. The second-order valence-electron chi connectivity index (χ2n) is 5.27. The summed E-state index contributed by atoms with van der Waals surface area (Å²) < 4.78 is 5.39. The molecular weight excluding hydrogens is 204 g/mol. The van der Waals surface area contributed by atoms with E-state index in [1.54, 1.807) is 0 Å². The molecule has 0 saturated carbocycles. The lowest BCUT2D eigenvalue weighted by molar-refractivity contribution is -0.125. The molecule has 94 valence electrons. The Hall–Kier alpha value is -0.610. The van der Waals surface area contributed by atoms with E-state index in [0.717, 1.165) is 26.1 Å². The summed E-state index contributed by atoms with van der Waals surface area (Å²) in [5.74, 6) is 0.325. The zero-order valence-corrected chi connectivity index (χ0v) is 10.6. The van der Waals surface area contributed by atoms with Crippen molar-refractivity contribution in [2.75, 3.05) is 19.8 Å². The van der Waals surface area contributed by atoms with E-state index in [2.05, 4.69) is 12.2 Å². The van der Waals surface area contributed by atoms with Crippen LogP contribution in [0.1, 0.15) is 33.6 Å². The number of nitrogens with one attached hydrogen (secondary N) is 1. The number of primary amides is 1. The van der Waals surface area contributed by atoms with Crippen LogP contribution < -0.4 is 11.1 Å². The van der Waals surface area contributed by atoms with E-state index in [1.807, 2.05) is 13.8 Å². The lowest BCUT2D eigenvalue weighted by Crippen LogP contribution is -2.46. The van der Waals surface area contributed by atoms with Gasteiger partial charge in [0.1, 0.15) is 0 Å². The van der Waals surface area contributed by atoms with Gasteiger partial charge in [0.15, 0.2) is 0 Å². The maximum absolute atomic E-state index is 11.2. The van der Waals surface area contributed by atoms with Crippen LogP contribution in [0.3, 0.4) is 0 Å². The maximum Gasteiger partial charge on any atom is 0.224 e. The Morgan fingerprint density at radius 1 is 1.62 bits per heavy atom. The van der Waals surface area contributed by atoms with Crippen molar-refractivity contribution in [2.24, 2.45) is 17.1 Å². The van der Waals surface area contributed by atoms with E-state index in [9.17, 15) is 4.79 Å². The van der Waals surface area contributed by atoms with Gasteiger partial charge in [0.25, 0.3) is 0 Å². The zero-order chi connectivity index (χ0) is 12.2. The fourth-order valence-electron chi connectivity index (χ4n) is 1.99. The van der Waals surface area contributed by atoms with Gasteiger partial charge in [-0.15, -0.1) is 0 Å². The number of nitrogens with two attached hydrogens (primary N) is 1. The van der Waals surface area contributed by atoms with Gasteiger partial charge >= 0.3 is 0 Å². The van der Waals surface area contributed by atoms with Gasteiger partial charge in [-0.05, 0) is 32.6 Å². The van der Waals surface area contributed by atoms with Gasteiger partial charge in [0.05, 0.1) is 12.0 Å². The zero-order valence-electron chi connectivity index (χ0n) is 10.6. The van der Waals surface area contributed by atoms with Crippen molar-refractivity contribution in [1.29, 1.82) is 0 Å². The van der Waals surface area contributed by atoms with Crippen LogP contribution in [0.15, 0.2) is 0 Å². The highest BCUT2D eigenvalue weighted by molar-refractivity contribution is 5.80. The van der Waals surface area contributed by atoms with Gasteiger partial charge in [-0.3, -0.25) is 4.79 Å². The Balaban J connectivity index is 2.41. The minimum absolute atomic E-state index is 0.252. The highest BCUT2D eigenvalue weighted by Gasteiger charge is 2.29. The molecule has 0 bridgehead atoms. The van der Waals surface area contributed by atoms with Crippen LogP contribution in [0.2, 0.25) is 0 Å². The molecule has 4 heteroatoms. The van der Waals surface area contributed by atoms with Crippen LogP contribution in [0.25, 0.3) is 0 Å². The Morgan fingerprint density at radius 2 is 2.31 bits per heavy atom. The number of carbonyl (C=O) groups excluding carboxylic acids is 1. The Bertz CT molecular complexity index is 235. The van der Waals surface area contributed by atoms with Gasteiger partial charge in [0, 0.05) is 19.2 Å². The summed E-state index contributed by atoms with van der Waals surface area (Å²) in [7, 11) is 0. The topological polar surface area (TPSA) is 64.3 Å². The first-order valence-corrected chi connectivity index (χ1v) is 6.08. The van der Waals surface area contributed by atoms with Crippen molar-refractivity contribution in [2.45, 2.75) is 39.7 Å². The van der Waals surface area contributed by atoms with Crippen molar-refractivity contribution in [1.82, 2.24) is 5.32 Å². The summed E-state index contributed by atoms with van der Waals surface area (Å²) >= 11 is 0. The molecule has 0 aromatic heterocycles. The Labute approximate surface area is 97.9 Å². The average Bonchev–Trinajstić information content (AvgIpc) is 2.71. The lowest BCUT2D eigenvalue weighted by atomic mass is 9.90. The highest BCUT2D eigenvalue weighted by atomic mass is 16.5. The quantitative estimate of drug-likeness (QED) is 0.710. The predicted octanol–water partition coefficient (Wildman–Crippen LogP) is 0.903. The number of ether oxygens (including phenoxy) is 1. The number of hydrogen-bond donors (Lipinski definition) is 2. The van der Waals surface area contributed by atoms with Crippen LogP contribution >= 0.6 is 0 Å². The van der Waals surface area contributed by atoms with Crippen molar-refractivity contribution in [3.8, 4) is 0 Å². The molecule has 1 aliphatic rings. The number of amides is 1. The molecular formula is C12H24N2O2. The van der Waals surface area contributed by atoms with Gasteiger partial charge in [-0.25, -0.2) is 0 Å². The fourth-order valence-corrected chi connectivity index (χ4v) is 1.99. The Morgan fingerprint density at radius 3 is 2.75 bits per heavy atom. The average molecular weight is 228 g/mol. The third-order valence-electron chi connectivity index (χ3n) is 3.45. The summed E-state index contributed by atoms with van der Waals surface area (Å²) in [6.45, 7) is 8.25. The van der Waals surface area contributed by atoms with Crippen LogP contribution in [-0.2, 0) is 9.53 Å². The normalized spacial score (nSPS) is 23.3. The van der Waals surface area contributed by atoms with Gasteiger partial charge < -0.3 is 15.8 Å². The molecule has 1 aliphatic heterocycles. The first-order chi connectivity index (χ1) is 7.47. The highest BCUT2D eigenvalue weighted by Crippen LogP contribution is 2.20. The number of rotatable bonds is 6. The van der Waals surface area contributed by atoms with Crippen molar-refractivity contribution in [3.63, 3.8) is 0 Å². The predicted molar refractivity (Wildman–Crippen MR) is 64.0 cm³/mol. The summed E-state index contributed by atoms with van der Waals surface area (Å²) in [5, 5.41) is 3.45. The van der Waals surface area contributed by atoms with E-state index < -0.39 is 5.41 Å². The minimum atomic E-state index is -0.479. The first-order valence-electron chi connectivity index (χ1n) is 6.08. The molecule has 3 N–H and O–H groups in total. The SMILES string of the molecule is CCC(NCC(C)(C)C(N)=O)C1CCOC1. The molecule has 1 fully saturated rings. The van der Waals surface area contributed by atoms with Crippen molar-refractivity contribution >= 4 is 5.91 Å². The second-order valence-corrected chi connectivity index (χ2v) is 5.27. The molecule has 1 rings (SSSR count). The molecule has 0 aromatic carbocycles. The third kappa shape index (κ3) is 3.46. The van der Waals surface area contributed by atoms with E-state index in [0.29, 0.717) is 18.5 Å². The van der Waals surface area contributed by atoms with Crippen LogP contribution in [0.5, 0.6) is 0 Å².